The third-order valence-corrected chi connectivity index (χ3v) is 0.671. The fourth-order valence-corrected chi connectivity index (χ4v) is 0. The largest absolute Gasteiger partial charge is 2.00 e. The summed E-state index contributed by atoms with van der Waals surface area (Å²) in [5, 5.41) is 0. The standard InChI is InChI=1S/CH5O4P.2ClH.2Mg/c1-5-6(2,3)4;;;;/h1H3,(H2,2,3,4);2*1H;;/q;;;2*+2/p-4. The molecule has 0 aliphatic heterocycles. The summed E-state index contributed by atoms with van der Waals surface area (Å²) in [5.74, 6) is 0. The van der Waals surface area contributed by atoms with Crippen LogP contribution in [0.2, 0.25) is 0 Å². The molecule has 0 radical (unpaired) electrons. The molecule has 0 saturated carbocycles. The molecule has 4 nitrogen and oxygen atoms in total. The van der Waals surface area contributed by atoms with E-state index in [0.29, 0.717) is 0 Å². The quantitative estimate of drug-likeness (QED) is 0.331. The Hall–Kier alpha value is 2.22. The van der Waals surface area contributed by atoms with Crippen LogP contribution in [0, 0.1) is 0 Å². The van der Waals surface area contributed by atoms with Gasteiger partial charge in [-0.25, -0.2) is 0 Å². The van der Waals surface area contributed by atoms with Crippen LogP contribution in [0.3, 0.4) is 0 Å². The van der Waals surface area contributed by atoms with E-state index in [4.69, 9.17) is 0 Å². The Morgan fingerprint density at radius 2 is 1.30 bits per heavy atom. The molecule has 10 heavy (non-hydrogen) atoms. The van der Waals surface area contributed by atoms with E-state index in [1.807, 2.05) is 0 Å². The van der Waals surface area contributed by atoms with Crippen LogP contribution in [0.25, 0.3) is 0 Å². The summed E-state index contributed by atoms with van der Waals surface area (Å²) in [5.41, 5.74) is 0. The molecule has 0 unspecified atom stereocenters. The second-order valence-corrected chi connectivity index (χ2v) is 1.89. The second kappa shape index (κ2) is 13.8. The maximum absolute atomic E-state index is 9.25. The molecule has 0 aromatic carbocycles. The van der Waals surface area contributed by atoms with Crippen molar-refractivity contribution < 1.29 is 43.7 Å². The summed E-state index contributed by atoms with van der Waals surface area (Å²) in [4.78, 5) is 18.5. The molecule has 0 aromatic heterocycles. The van der Waals surface area contributed by atoms with Gasteiger partial charge in [-0.15, -0.1) is 0 Å². The van der Waals surface area contributed by atoms with Gasteiger partial charge in [0.15, 0.2) is 0 Å². The van der Waals surface area contributed by atoms with E-state index in [0.717, 1.165) is 7.11 Å². The first-order chi connectivity index (χ1) is 2.56. The minimum Gasteiger partial charge on any atom is -1.00 e. The fraction of sp³-hybridized carbons (Fsp3) is 1.00. The SMILES string of the molecule is COP(=O)([O-])[O-].[Cl-].[Cl-].[Mg+2].[Mg+2]. The van der Waals surface area contributed by atoms with Gasteiger partial charge in [0, 0.05) is 7.11 Å². The summed E-state index contributed by atoms with van der Waals surface area (Å²) in [6.45, 7) is 0. The number of hydrogen-bond acceptors (Lipinski definition) is 4. The average molecular weight is 230 g/mol. The van der Waals surface area contributed by atoms with Crippen LogP contribution in [-0.2, 0) is 9.09 Å². The molecule has 0 spiro atoms. The molecule has 0 atom stereocenters. The normalized spacial score (nSPS) is 7.10. The van der Waals surface area contributed by atoms with Crippen molar-refractivity contribution >= 4 is 53.9 Å². The zero-order valence-corrected chi connectivity index (χ0v) is 10.5. The van der Waals surface area contributed by atoms with Crippen LogP contribution in [0.1, 0.15) is 0 Å². The maximum atomic E-state index is 9.25. The summed E-state index contributed by atoms with van der Waals surface area (Å²) in [6.07, 6.45) is 0. The van der Waals surface area contributed by atoms with Crippen molar-refractivity contribution in [2.45, 2.75) is 0 Å². The monoisotopic (exact) mass is 228 g/mol. The molecular weight excluding hydrogens is 226 g/mol. The van der Waals surface area contributed by atoms with E-state index in [1.165, 1.54) is 0 Å². The summed E-state index contributed by atoms with van der Waals surface area (Å²) in [6, 6.07) is 0. The van der Waals surface area contributed by atoms with Crippen molar-refractivity contribution in [3.05, 3.63) is 0 Å². The second-order valence-electron chi connectivity index (χ2n) is 0.630. The molecule has 0 aliphatic rings. The molecule has 0 saturated heterocycles. The fourth-order valence-electron chi connectivity index (χ4n) is 0. The van der Waals surface area contributed by atoms with Crippen LogP contribution in [-0.4, -0.2) is 53.2 Å². The van der Waals surface area contributed by atoms with Crippen LogP contribution in [0.4, 0.5) is 0 Å². The van der Waals surface area contributed by atoms with Gasteiger partial charge in [0.2, 0.25) is 0 Å². The Kier molecular flexibility index (Phi) is 40.7. The maximum Gasteiger partial charge on any atom is 2.00 e. The molecule has 0 aliphatic carbocycles. The van der Waals surface area contributed by atoms with E-state index in [-0.39, 0.29) is 70.9 Å². The van der Waals surface area contributed by atoms with Gasteiger partial charge < -0.3 is 43.7 Å². The predicted molar refractivity (Wildman–Crippen MR) is 26.1 cm³/mol. The first kappa shape index (κ1) is 29.5. The van der Waals surface area contributed by atoms with Crippen molar-refractivity contribution in [2.75, 3.05) is 7.11 Å². The molecule has 0 amide bonds. The molecular formula is CH3Cl2Mg2O4P. The van der Waals surface area contributed by atoms with Crippen molar-refractivity contribution in [3.63, 3.8) is 0 Å². The summed E-state index contributed by atoms with van der Waals surface area (Å²) < 4.78 is 12.6. The van der Waals surface area contributed by atoms with Gasteiger partial charge in [-0.2, -0.15) is 0 Å². The van der Waals surface area contributed by atoms with Gasteiger partial charge in [0.25, 0.3) is 0 Å². The zero-order valence-electron chi connectivity index (χ0n) is 5.25. The van der Waals surface area contributed by atoms with Gasteiger partial charge in [0.05, 0.1) is 7.82 Å². The molecule has 0 heterocycles. The van der Waals surface area contributed by atoms with Crippen molar-refractivity contribution in [1.82, 2.24) is 0 Å². The van der Waals surface area contributed by atoms with Gasteiger partial charge in [0.1, 0.15) is 0 Å². The zero-order chi connectivity index (χ0) is 5.21. The third-order valence-electron chi connectivity index (χ3n) is 0.224. The van der Waals surface area contributed by atoms with E-state index < -0.39 is 7.82 Å². The Morgan fingerprint density at radius 3 is 1.30 bits per heavy atom. The van der Waals surface area contributed by atoms with E-state index in [2.05, 4.69) is 4.52 Å². The molecule has 0 bridgehead atoms. The number of phosphoric ester groups is 1. The third kappa shape index (κ3) is 31.9. The Labute approximate surface area is 104 Å². The van der Waals surface area contributed by atoms with Crippen molar-refractivity contribution in [1.29, 1.82) is 0 Å². The van der Waals surface area contributed by atoms with E-state index in [9.17, 15) is 14.4 Å². The molecule has 0 N–H and O–H groups in total. The van der Waals surface area contributed by atoms with Crippen molar-refractivity contribution in [2.24, 2.45) is 0 Å². The summed E-state index contributed by atoms with van der Waals surface area (Å²) in [7, 11) is -3.83. The smallest absolute Gasteiger partial charge is 1.00 e. The van der Waals surface area contributed by atoms with Gasteiger partial charge in [-0.1, -0.05) is 0 Å². The molecule has 9 heteroatoms. The van der Waals surface area contributed by atoms with E-state index >= 15 is 0 Å². The van der Waals surface area contributed by atoms with Gasteiger partial charge in [-0.3, -0.25) is 0 Å². The number of rotatable bonds is 1. The molecule has 0 fully saturated rings. The Bertz CT molecular complexity index is 85.3. The first-order valence-electron chi connectivity index (χ1n) is 1.14. The van der Waals surface area contributed by atoms with Crippen molar-refractivity contribution in [3.8, 4) is 0 Å². The number of hydrogen-bond donors (Lipinski definition) is 0. The summed E-state index contributed by atoms with van der Waals surface area (Å²) >= 11 is 0. The molecule has 0 rings (SSSR count). The number of halogens is 2. The molecule has 0 aromatic rings. The minimum atomic E-state index is -4.65. The number of phosphoric acid groups is 1. The topological polar surface area (TPSA) is 72.4 Å². The van der Waals surface area contributed by atoms with E-state index in [1.54, 1.807) is 0 Å². The van der Waals surface area contributed by atoms with Gasteiger partial charge in [-0.05, 0) is 0 Å². The first-order valence-corrected chi connectivity index (χ1v) is 2.60. The van der Waals surface area contributed by atoms with Crippen LogP contribution >= 0.6 is 7.82 Å². The van der Waals surface area contributed by atoms with Crippen LogP contribution in [0.5, 0.6) is 0 Å². The minimum absolute atomic E-state index is 0. The van der Waals surface area contributed by atoms with Crippen LogP contribution < -0.4 is 34.6 Å². The average Bonchev–Trinajstić information content (AvgIpc) is 1.35. The van der Waals surface area contributed by atoms with Crippen LogP contribution in [0.15, 0.2) is 0 Å². The predicted octanol–water partition coefficient (Wildman–Crippen LogP) is -8.29. The van der Waals surface area contributed by atoms with Gasteiger partial charge >= 0.3 is 46.1 Å². The molecule has 54 valence electrons. The Balaban J connectivity index is -0.0000000208. The Morgan fingerprint density at radius 1 is 1.20 bits per heavy atom.